The van der Waals surface area contributed by atoms with E-state index in [4.69, 9.17) is 4.74 Å². The summed E-state index contributed by atoms with van der Waals surface area (Å²) in [5.41, 5.74) is 4.36. The Hall–Kier alpha value is -3.53. The SMILES string of the molecule is CC(C)(C)c1cc(O)c(-c2ccccc2OCc2ccccc2)c(C(C)(C)C)c1C=CC(=O)O. The van der Waals surface area contributed by atoms with Gasteiger partial charge in [0.1, 0.15) is 18.1 Å². The van der Waals surface area contributed by atoms with Crippen molar-refractivity contribution in [3.8, 4) is 22.6 Å². The number of carboxylic acids is 1. The number of rotatable bonds is 6. The van der Waals surface area contributed by atoms with E-state index in [9.17, 15) is 15.0 Å². The molecule has 0 aliphatic heterocycles. The number of hydrogen-bond donors (Lipinski definition) is 2. The fourth-order valence-corrected chi connectivity index (χ4v) is 4.22. The van der Waals surface area contributed by atoms with Gasteiger partial charge in [-0.25, -0.2) is 4.79 Å². The first kappa shape index (κ1) is 25.1. The number of aromatic hydroxyl groups is 1. The second kappa shape index (κ2) is 9.76. The summed E-state index contributed by atoms with van der Waals surface area (Å²) in [5, 5.41) is 20.7. The Morgan fingerprint density at radius 3 is 2.12 bits per heavy atom. The molecule has 0 bridgehead atoms. The van der Waals surface area contributed by atoms with Gasteiger partial charge in [0.05, 0.1) is 0 Å². The van der Waals surface area contributed by atoms with Crippen LogP contribution in [-0.4, -0.2) is 16.2 Å². The van der Waals surface area contributed by atoms with E-state index in [-0.39, 0.29) is 11.2 Å². The van der Waals surface area contributed by atoms with E-state index >= 15 is 0 Å². The van der Waals surface area contributed by atoms with Crippen LogP contribution in [0.15, 0.2) is 66.7 Å². The summed E-state index contributed by atoms with van der Waals surface area (Å²) in [6.45, 7) is 12.8. The Morgan fingerprint density at radius 1 is 0.912 bits per heavy atom. The lowest BCUT2D eigenvalue weighted by molar-refractivity contribution is -0.131. The molecule has 0 saturated carbocycles. The van der Waals surface area contributed by atoms with Crippen molar-refractivity contribution < 1.29 is 19.7 Å². The number of phenolic OH excluding ortho intramolecular Hbond substituents is 1. The van der Waals surface area contributed by atoms with Crippen molar-refractivity contribution >= 4 is 12.0 Å². The Balaban J connectivity index is 2.29. The monoisotopic (exact) mass is 458 g/mol. The van der Waals surface area contributed by atoms with Crippen LogP contribution in [0, 0.1) is 0 Å². The number of hydrogen-bond acceptors (Lipinski definition) is 3. The van der Waals surface area contributed by atoms with Gasteiger partial charge in [-0.15, -0.1) is 0 Å². The van der Waals surface area contributed by atoms with Gasteiger partial charge in [0.25, 0.3) is 0 Å². The zero-order chi connectivity index (χ0) is 25.1. The summed E-state index contributed by atoms with van der Waals surface area (Å²) >= 11 is 0. The predicted octanol–water partition coefficient (Wildman–Crippen LogP) is 7.33. The molecule has 0 aromatic heterocycles. The third kappa shape index (κ3) is 5.69. The van der Waals surface area contributed by atoms with Gasteiger partial charge in [0, 0.05) is 17.2 Å². The third-order valence-corrected chi connectivity index (χ3v) is 5.69. The van der Waals surface area contributed by atoms with Gasteiger partial charge in [0.15, 0.2) is 0 Å². The van der Waals surface area contributed by atoms with Crippen molar-refractivity contribution in [1.29, 1.82) is 0 Å². The van der Waals surface area contributed by atoms with E-state index in [2.05, 4.69) is 41.5 Å². The number of aliphatic carboxylic acids is 1. The van der Waals surface area contributed by atoms with Crippen LogP contribution in [0.3, 0.4) is 0 Å². The molecule has 0 heterocycles. The second-order valence-electron chi connectivity index (χ2n) is 10.5. The molecule has 4 heteroatoms. The first-order valence-corrected chi connectivity index (χ1v) is 11.5. The normalized spacial score (nSPS) is 12.2. The molecule has 0 aliphatic carbocycles. The van der Waals surface area contributed by atoms with Gasteiger partial charge in [-0.3, -0.25) is 0 Å². The molecule has 0 saturated heterocycles. The zero-order valence-electron chi connectivity index (χ0n) is 20.8. The van der Waals surface area contributed by atoms with Crippen molar-refractivity contribution in [2.75, 3.05) is 0 Å². The third-order valence-electron chi connectivity index (χ3n) is 5.69. The molecule has 0 aliphatic rings. The highest BCUT2D eigenvalue weighted by Crippen LogP contribution is 2.48. The van der Waals surface area contributed by atoms with Gasteiger partial charge < -0.3 is 14.9 Å². The lowest BCUT2D eigenvalue weighted by Gasteiger charge is -2.32. The average Bonchev–Trinajstić information content (AvgIpc) is 2.75. The molecule has 4 nitrogen and oxygen atoms in total. The van der Waals surface area contributed by atoms with E-state index in [1.807, 2.05) is 54.6 Å². The van der Waals surface area contributed by atoms with E-state index in [0.717, 1.165) is 27.8 Å². The van der Waals surface area contributed by atoms with Crippen LogP contribution in [0.5, 0.6) is 11.5 Å². The van der Waals surface area contributed by atoms with Crippen LogP contribution in [-0.2, 0) is 22.2 Å². The van der Waals surface area contributed by atoms with E-state index < -0.39 is 11.4 Å². The second-order valence-corrected chi connectivity index (χ2v) is 10.5. The fraction of sp³-hybridized carbons (Fsp3) is 0.300. The van der Waals surface area contributed by atoms with Crippen molar-refractivity contribution in [2.24, 2.45) is 0 Å². The number of carboxylic acid groups (broad SMARTS) is 1. The molecule has 2 N–H and O–H groups in total. The Kier molecular flexibility index (Phi) is 7.21. The topological polar surface area (TPSA) is 66.8 Å². The zero-order valence-corrected chi connectivity index (χ0v) is 20.8. The molecule has 0 unspecified atom stereocenters. The van der Waals surface area contributed by atoms with Gasteiger partial charge in [-0.05, 0) is 51.3 Å². The van der Waals surface area contributed by atoms with Crippen LogP contribution < -0.4 is 4.74 Å². The van der Waals surface area contributed by atoms with Crippen LogP contribution in [0.1, 0.15) is 63.8 Å². The first-order valence-electron chi connectivity index (χ1n) is 11.5. The smallest absolute Gasteiger partial charge is 0.328 e. The minimum Gasteiger partial charge on any atom is -0.507 e. The van der Waals surface area contributed by atoms with Crippen LogP contribution >= 0.6 is 0 Å². The fourth-order valence-electron chi connectivity index (χ4n) is 4.22. The molecule has 3 rings (SSSR count). The van der Waals surface area contributed by atoms with Crippen LogP contribution in [0.2, 0.25) is 0 Å². The lowest BCUT2D eigenvalue weighted by atomic mass is 9.72. The highest BCUT2D eigenvalue weighted by atomic mass is 16.5. The van der Waals surface area contributed by atoms with Gasteiger partial charge in [-0.1, -0.05) is 90.1 Å². The molecular formula is C30H34O4. The van der Waals surface area contributed by atoms with Crippen molar-refractivity contribution in [3.63, 3.8) is 0 Å². The van der Waals surface area contributed by atoms with E-state index in [1.54, 1.807) is 12.1 Å². The van der Waals surface area contributed by atoms with E-state index in [1.165, 1.54) is 6.08 Å². The molecule has 34 heavy (non-hydrogen) atoms. The molecule has 3 aromatic carbocycles. The van der Waals surface area contributed by atoms with Crippen molar-refractivity contribution in [1.82, 2.24) is 0 Å². The Labute approximate surface area is 202 Å². The minimum atomic E-state index is -1.01. The summed E-state index contributed by atoms with van der Waals surface area (Å²) in [6, 6.07) is 19.4. The standard InChI is InChI=1S/C30H34O4/c1-29(2,3)23-18-24(31)27(28(30(4,5)6)21(23)16-17-26(32)33)22-14-10-11-15-25(22)34-19-20-12-8-7-9-13-20/h7-18,31H,19H2,1-6H3,(H,32,33). The number of para-hydroxylation sites is 1. The largest absolute Gasteiger partial charge is 0.507 e. The van der Waals surface area contributed by atoms with Crippen LogP contribution in [0.25, 0.3) is 17.2 Å². The Morgan fingerprint density at radius 2 is 1.53 bits per heavy atom. The molecule has 0 fully saturated rings. The molecule has 0 spiro atoms. The minimum absolute atomic E-state index is 0.151. The number of phenols is 1. The van der Waals surface area contributed by atoms with Crippen molar-refractivity contribution in [3.05, 3.63) is 89.0 Å². The van der Waals surface area contributed by atoms with Crippen LogP contribution in [0.4, 0.5) is 0 Å². The summed E-state index contributed by atoms with van der Waals surface area (Å²) in [6.07, 6.45) is 2.82. The van der Waals surface area contributed by atoms with Gasteiger partial charge in [-0.2, -0.15) is 0 Å². The number of benzene rings is 3. The molecular weight excluding hydrogens is 424 g/mol. The Bertz CT molecular complexity index is 1190. The van der Waals surface area contributed by atoms with Crippen molar-refractivity contribution in [2.45, 2.75) is 59.0 Å². The highest BCUT2D eigenvalue weighted by molar-refractivity contribution is 5.89. The lowest BCUT2D eigenvalue weighted by Crippen LogP contribution is -2.21. The predicted molar refractivity (Wildman–Crippen MR) is 138 cm³/mol. The van der Waals surface area contributed by atoms with E-state index in [0.29, 0.717) is 17.9 Å². The maximum Gasteiger partial charge on any atom is 0.328 e. The highest BCUT2D eigenvalue weighted by Gasteiger charge is 2.31. The first-order chi connectivity index (χ1) is 15.9. The molecule has 0 radical (unpaired) electrons. The number of carbonyl (C=O) groups is 1. The van der Waals surface area contributed by atoms with Gasteiger partial charge >= 0.3 is 5.97 Å². The molecule has 0 amide bonds. The quantitative estimate of drug-likeness (QED) is 0.380. The molecule has 3 aromatic rings. The summed E-state index contributed by atoms with van der Waals surface area (Å²) in [7, 11) is 0. The summed E-state index contributed by atoms with van der Waals surface area (Å²) in [4.78, 5) is 11.4. The van der Waals surface area contributed by atoms with Gasteiger partial charge in [0.2, 0.25) is 0 Å². The molecule has 178 valence electrons. The molecule has 0 atom stereocenters. The summed E-state index contributed by atoms with van der Waals surface area (Å²) < 4.78 is 6.21. The average molecular weight is 459 g/mol. The summed E-state index contributed by atoms with van der Waals surface area (Å²) in [5.74, 6) is -0.206. The maximum absolute atomic E-state index is 11.4. The maximum atomic E-state index is 11.4. The number of ether oxygens (including phenoxy) is 1.